The first-order valence-electron chi connectivity index (χ1n) is 6.67. The van der Waals surface area contributed by atoms with E-state index in [1.54, 1.807) is 0 Å². The molecule has 2 rings (SSSR count). The predicted octanol–water partition coefficient (Wildman–Crippen LogP) is 2.39. The molecule has 0 aromatic heterocycles. The quantitative estimate of drug-likeness (QED) is 0.730. The van der Waals surface area contributed by atoms with Crippen LogP contribution in [0.25, 0.3) is 0 Å². The van der Waals surface area contributed by atoms with Gasteiger partial charge in [-0.2, -0.15) is 0 Å². The van der Waals surface area contributed by atoms with Gasteiger partial charge in [-0.3, -0.25) is 4.79 Å². The molecule has 16 heavy (non-hydrogen) atoms. The van der Waals surface area contributed by atoms with Crippen molar-refractivity contribution >= 4 is 5.97 Å². The normalized spacial score (nSPS) is 24.1. The molecule has 2 saturated carbocycles. The van der Waals surface area contributed by atoms with Crippen LogP contribution in [0, 0.1) is 0 Å². The van der Waals surface area contributed by atoms with Crippen LogP contribution in [0.15, 0.2) is 0 Å². The second-order valence-electron chi connectivity index (χ2n) is 5.24. The van der Waals surface area contributed by atoms with Crippen LogP contribution >= 0.6 is 0 Å². The van der Waals surface area contributed by atoms with Gasteiger partial charge in [0.2, 0.25) is 0 Å². The lowest BCUT2D eigenvalue weighted by Crippen LogP contribution is -2.49. The first-order valence-corrected chi connectivity index (χ1v) is 6.67. The molecule has 0 spiro atoms. The summed E-state index contributed by atoms with van der Waals surface area (Å²) in [5.74, 6) is -0.0300. The molecule has 0 aromatic rings. The minimum atomic E-state index is -0.0300. The smallest absolute Gasteiger partial charge is 0.307 e. The highest BCUT2D eigenvalue weighted by molar-refractivity contribution is 5.71. The highest BCUT2D eigenvalue weighted by atomic mass is 16.5. The van der Waals surface area contributed by atoms with Crippen molar-refractivity contribution in [1.82, 2.24) is 5.32 Å². The Labute approximate surface area is 97.9 Å². The molecule has 0 saturated heterocycles. The lowest BCUT2D eigenvalue weighted by atomic mass is 9.79. The number of hydrogen-bond acceptors (Lipinski definition) is 3. The van der Waals surface area contributed by atoms with Crippen molar-refractivity contribution in [3.63, 3.8) is 0 Å². The number of rotatable bonds is 5. The van der Waals surface area contributed by atoms with Crippen molar-refractivity contribution in [3.05, 3.63) is 0 Å². The van der Waals surface area contributed by atoms with Crippen LogP contribution in [-0.2, 0) is 9.53 Å². The predicted molar refractivity (Wildman–Crippen MR) is 63.2 cm³/mol. The average Bonchev–Trinajstić information content (AvgIpc) is 3.03. The van der Waals surface area contributed by atoms with E-state index < -0.39 is 0 Å². The Kier molecular flexibility index (Phi) is 3.85. The third-order valence-electron chi connectivity index (χ3n) is 3.69. The van der Waals surface area contributed by atoms with E-state index in [0.29, 0.717) is 19.1 Å². The molecule has 2 fully saturated rings. The molecule has 0 aliphatic heterocycles. The zero-order chi connectivity index (χ0) is 11.4. The van der Waals surface area contributed by atoms with Gasteiger partial charge in [0, 0.05) is 11.6 Å². The minimum absolute atomic E-state index is 0.0300. The summed E-state index contributed by atoms with van der Waals surface area (Å²) in [5.41, 5.74) is 0.0612. The molecule has 0 atom stereocenters. The van der Waals surface area contributed by atoms with Crippen LogP contribution in [0.3, 0.4) is 0 Å². The number of nitrogens with one attached hydrogen (secondary N) is 1. The van der Waals surface area contributed by atoms with Crippen LogP contribution in [0.4, 0.5) is 0 Å². The molecule has 2 aliphatic carbocycles. The Hall–Kier alpha value is -0.570. The van der Waals surface area contributed by atoms with Crippen LogP contribution in [0.2, 0.25) is 0 Å². The summed E-state index contributed by atoms with van der Waals surface area (Å²) in [6.45, 7) is 2.37. The molecule has 0 amide bonds. The average molecular weight is 225 g/mol. The van der Waals surface area contributed by atoms with Crippen molar-refractivity contribution < 1.29 is 9.53 Å². The molecule has 3 heteroatoms. The number of carbonyl (C=O) groups is 1. The van der Waals surface area contributed by atoms with E-state index in [1.807, 2.05) is 6.92 Å². The zero-order valence-electron chi connectivity index (χ0n) is 10.3. The highest BCUT2D eigenvalue weighted by Crippen LogP contribution is 2.35. The second-order valence-corrected chi connectivity index (χ2v) is 5.24. The molecule has 0 radical (unpaired) electrons. The van der Waals surface area contributed by atoms with Gasteiger partial charge in [-0.25, -0.2) is 0 Å². The largest absolute Gasteiger partial charge is 0.466 e. The first-order chi connectivity index (χ1) is 7.74. The maximum absolute atomic E-state index is 11.7. The summed E-state index contributed by atoms with van der Waals surface area (Å²) in [5, 5.41) is 3.69. The van der Waals surface area contributed by atoms with Gasteiger partial charge >= 0.3 is 5.97 Å². The molecule has 0 heterocycles. The summed E-state index contributed by atoms with van der Waals surface area (Å²) >= 11 is 0. The van der Waals surface area contributed by atoms with Crippen LogP contribution in [-0.4, -0.2) is 24.2 Å². The standard InChI is InChI=1S/C13H23NO2/c1-2-16-12(15)10-13(14-11-6-7-11)8-4-3-5-9-13/h11,14H,2-10H2,1H3. The Morgan fingerprint density at radius 3 is 2.56 bits per heavy atom. The van der Waals surface area contributed by atoms with Crippen molar-refractivity contribution in [3.8, 4) is 0 Å². The molecule has 0 unspecified atom stereocenters. The molecule has 1 N–H and O–H groups in total. The van der Waals surface area contributed by atoms with Gasteiger partial charge in [0.25, 0.3) is 0 Å². The molecular formula is C13H23NO2. The monoisotopic (exact) mass is 225 g/mol. The minimum Gasteiger partial charge on any atom is -0.466 e. The molecule has 2 aliphatic rings. The molecule has 92 valence electrons. The summed E-state index contributed by atoms with van der Waals surface area (Å²) in [6, 6.07) is 0.674. The van der Waals surface area contributed by atoms with E-state index in [1.165, 1.54) is 32.1 Å². The van der Waals surface area contributed by atoms with Crippen LogP contribution in [0.5, 0.6) is 0 Å². The van der Waals surface area contributed by atoms with Crippen LogP contribution < -0.4 is 5.32 Å². The van der Waals surface area contributed by atoms with Gasteiger partial charge in [-0.05, 0) is 32.6 Å². The highest BCUT2D eigenvalue weighted by Gasteiger charge is 2.39. The van der Waals surface area contributed by atoms with Gasteiger partial charge in [0.1, 0.15) is 0 Å². The van der Waals surface area contributed by atoms with Crippen molar-refractivity contribution in [2.45, 2.75) is 69.9 Å². The molecule has 0 aromatic carbocycles. The summed E-state index contributed by atoms with van der Waals surface area (Å²) in [6.07, 6.45) is 9.23. The first kappa shape index (κ1) is 11.9. The van der Waals surface area contributed by atoms with E-state index >= 15 is 0 Å². The summed E-state index contributed by atoms with van der Waals surface area (Å²) in [4.78, 5) is 11.7. The van der Waals surface area contributed by atoms with E-state index in [4.69, 9.17) is 4.74 Å². The number of carbonyl (C=O) groups excluding carboxylic acids is 1. The van der Waals surface area contributed by atoms with Gasteiger partial charge in [-0.15, -0.1) is 0 Å². The number of ether oxygens (including phenoxy) is 1. The molecule has 3 nitrogen and oxygen atoms in total. The van der Waals surface area contributed by atoms with E-state index in [9.17, 15) is 4.79 Å². The third-order valence-corrected chi connectivity index (χ3v) is 3.69. The maximum atomic E-state index is 11.7. The Morgan fingerprint density at radius 1 is 1.31 bits per heavy atom. The number of esters is 1. The third kappa shape index (κ3) is 3.21. The lowest BCUT2D eigenvalue weighted by molar-refractivity contribution is -0.145. The van der Waals surface area contributed by atoms with Gasteiger partial charge in [-0.1, -0.05) is 19.3 Å². The Balaban J connectivity index is 1.92. The Bertz CT molecular complexity index is 242. The van der Waals surface area contributed by atoms with Crippen molar-refractivity contribution in [1.29, 1.82) is 0 Å². The van der Waals surface area contributed by atoms with Gasteiger partial charge in [0.05, 0.1) is 13.0 Å². The summed E-state index contributed by atoms with van der Waals surface area (Å²) < 4.78 is 5.09. The fourth-order valence-electron chi connectivity index (χ4n) is 2.75. The van der Waals surface area contributed by atoms with Crippen molar-refractivity contribution in [2.75, 3.05) is 6.61 Å². The van der Waals surface area contributed by atoms with Crippen molar-refractivity contribution in [2.24, 2.45) is 0 Å². The maximum Gasteiger partial charge on any atom is 0.307 e. The zero-order valence-corrected chi connectivity index (χ0v) is 10.3. The summed E-state index contributed by atoms with van der Waals surface area (Å²) in [7, 11) is 0. The van der Waals surface area contributed by atoms with E-state index in [-0.39, 0.29) is 11.5 Å². The fraction of sp³-hybridized carbons (Fsp3) is 0.923. The topological polar surface area (TPSA) is 38.3 Å². The van der Waals surface area contributed by atoms with Crippen LogP contribution in [0.1, 0.15) is 58.3 Å². The lowest BCUT2D eigenvalue weighted by Gasteiger charge is -2.37. The second kappa shape index (κ2) is 5.17. The van der Waals surface area contributed by atoms with E-state index in [0.717, 1.165) is 12.8 Å². The number of hydrogen-bond donors (Lipinski definition) is 1. The molecular weight excluding hydrogens is 202 g/mol. The SMILES string of the molecule is CCOC(=O)CC1(NC2CC2)CCCCC1. The van der Waals surface area contributed by atoms with Gasteiger partial charge in [0.15, 0.2) is 0 Å². The van der Waals surface area contributed by atoms with Gasteiger partial charge < -0.3 is 10.1 Å². The molecule has 0 bridgehead atoms. The fourth-order valence-corrected chi connectivity index (χ4v) is 2.75. The Morgan fingerprint density at radius 2 is 2.00 bits per heavy atom. The van der Waals surface area contributed by atoms with E-state index in [2.05, 4.69) is 5.32 Å².